The van der Waals surface area contributed by atoms with Gasteiger partial charge in [-0.3, -0.25) is 0 Å². The molecule has 0 aliphatic heterocycles. The highest BCUT2D eigenvalue weighted by Crippen LogP contribution is 2.32. The molecule has 1 aromatic heterocycles. The van der Waals surface area contributed by atoms with E-state index >= 15 is 0 Å². The number of aromatic carboxylic acids is 1. The lowest BCUT2D eigenvalue weighted by Crippen LogP contribution is -2.30. The molecule has 2 aromatic carbocycles. The molecule has 8 nitrogen and oxygen atoms in total. The van der Waals surface area contributed by atoms with Crippen LogP contribution in [0.3, 0.4) is 0 Å². The second-order valence-electron chi connectivity index (χ2n) is 5.83. The molecule has 0 aliphatic rings. The Hall–Kier alpha value is -3.11. The lowest BCUT2D eigenvalue weighted by atomic mass is 10.2. The summed E-state index contributed by atoms with van der Waals surface area (Å²) < 4.78 is 38.4. The number of hydrogen-bond donors (Lipinski definition) is 1. The van der Waals surface area contributed by atoms with E-state index in [0.29, 0.717) is 17.1 Å². The van der Waals surface area contributed by atoms with Crippen molar-refractivity contribution < 1.29 is 27.8 Å². The second kappa shape index (κ2) is 8.50. The number of aromatic nitrogens is 1. The summed E-state index contributed by atoms with van der Waals surface area (Å²) in [5, 5.41) is 11.0. The van der Waals surface area contributed by atoms with E-state index in [1.165, 1.54) is 56.0 Å². The van der Waals surface area contributed by atoms with Gasteiger partial charge in [0.15, 0.2) is 5.13 Å². The van der Waals surface area contributed by atoms with Crippen molar-refractivity contribution in [3.63, 3.8) is 0 Å². The number of ether oxygens (including phenoxy) is 2. The molecule has 0 saturated carbocycles. The van der Waals surface area contributed by atoms with Crippen LogP contribution in [0.1, 0.15) is 15.9 Å². The van der Waals surface area contributed by atoms with Crippen LogP contribution in [0.4, 0.5) is 5.13 Å². The molecular formula is C19H18N2O6S2. The van der Waals surface area contributed by atoms with Crippen LogP contribution in [0.5, 0.6) is 11.5 Å². The van der Waals surface area contributed by atoms with Gasteiger partial charge in [0, 0.05) is 23.2 Å². The summed E-state index contributed by atoms with van der Waals surface area (Å²) in [6.07, 6.45) is 1.52. The maximum Gasteiger partial charge on any atom is 0.335 e. The predicted molar refractivity (Wildman–Crippen MR) is 108 cm³/mol. The molecule has 0 aliphatic carbocycles. The van der Waals surface area contributed by atoms with E-state index in [0.717, 1.165) is 4.31 Å². The summed E-state index contributed by atoms with van der Waals surface area (Å²) >= 11 is 1.18. The minimum Gasteiger partial charge on any atom is -0.497 e. The molecule has 3 aromatic rings. The number of carboxylic acid groups (broad SMARTS) is 1. The molecule has 29 heavy (non-hydrogen) atoms. The van der Waals surface area contributed by atoms with E-state index < -0.39 is 16.0 Å². The molecule has 0 spiro atoms. The van der Waals surface area contributed by atoms with Gasteiger partial charge in [-0.15, -0.1) is 11.3 Å². The van der Waals surface area contributed by atoms with E-state index in [2.05, 4.69) is 4.98 Å². The molecule has 0 radical (unpaired) electrons. The monoisotopic (exact) mass is 434 g/mol. The molecule has 0 amide bonds. The number of benzene rings is 2. The summed E-state index contributed by atoms with van der Waals surface area (Å²) in [6.45, 7) is -0.0241. The van der Waals surface area contributed by atoms with Gasteiger partial charge in [-0.05, 0) is 36.4 Å². The van der Waals surface area contributed by atoms with Gasteiger partial charge in [0.1, 0.15) is 11.5 Å². The Morgan fingerprint density at radius 3 is 2.41 bits per heavy atom. The van der Waals surface area contributed by atoms with Gasteiger partial charge < -0.3 is 14.6 Å². The topological polar surface area (TPSA) is 106 Å². The van der Waals surface area contributed by atoms with Crippen LogP contribution >= 0.6 is 11.3 Å². The summed E-state index contributed by atoms with van der Waals surface area (Å²) in [4.78, 5) is 15.2. The van der Waals surface area contributed by atoms with Crippen LogP contribution in [0, 0.1) is 0 Å². The van der Waals surface area contributed by atoms with Gasteiger partial charge in [-0.1, -0.05) is 0 Å². The summed E-state index contributed by atoms with van der Waals surface area (Å²) in [6, 6.07) is 10.2. The summed E-state index contributed by atoms with van der Waals surface area (Å²) in [7, 11) is -0.983. The molecule has 0 fully saturated rings. The van der Waals surface area contributed by atoms with Crippen molar-refractivity contribution in [1.82, 2.24) is 4.98 Å². The molecule has 10 heteroatoms. The first-order valence-corrected chi connectivity index (χ1v) is 10.6. The van der Waals surface area contributed by atoms with E-state index in [4.69, 9.17) is 14.6 Å². The van der Waals surface area contributed by atoms with Gasteiger partial charge in [0.05, 0.1) is 31.2 Å². The molecule has 0 bridgehead atoms. The Balaban J connectivity index is 2.03. The van der Waals surface area contributed by atoms with Gasteiger partial charge in [0.25, 0.3) is 10.0 Å². The van der Waals surface area contributed by atoms with Crippen molar-refractivity contribution in [2.75, 3.05) is 18.5 Å². The third kappa shape index (κ3) is 4.33. The molecule has 0 unspecified atom stereocenters. The minimum absolute atomic E-state index is 0.00146. The SMILES string of the molecule is COc1ccc(CN(c2nccs2)S(=O)(=O)c2ccc(C(=O)O)cc2)c(OC)c1. The third-order valence-electron chi connectivity index (χ3n) is 4.13. The Kier molecular flexibility index (Phi) is 6.04. The van der Waals surface area contributed by atoms with Crippen LogP contribution < -0.4 is 13.8 Å². The predicted octanol–water partition coefficient (Wildman–Crippen LogP) is 3.25. The lowest BCUT2D eigenvalue weighted by molar-refractivity contribution is 0.0696. The molecule has 0 saturated heterocycles. The molecule has 152 valence electrons. The average molecular weight is 434 g/mol. The van der Waals surface area contributed by atoms with E-state index in [1.807, 2.05) is 0 Å². The Bertz CT molecular complexity index is 1100. The van der Waals surface area contributed by atoms with Crippen molar-refractivity contribution in [2.45, 2.75) is 11.4 Å². The van der Waals surface area contributed by atoms with Gasteiger partial charge in [-0.2, -0.15) is 0 Å². The number of hydrogen-bond acceptors (Lipinski definition) is 7. The van der Waals surface area contributed by atoms with Crippen LogP contribution in [-0.4, -0.2) is 38.7 Å². The number of thiazole rings is 1. The molecule has 1 heterocycles. The lowest BCUT2D eigenvalue weighted by Gasteiger charge is -2.23. The number of nitrogens with zero attached hydrogens (tertiary/aromatic N) is 2. The fraction of sp³-hybridized carbons (Fsp3) is 0.158. The zero-order chi connectivity index (χ0) is 21.0. The van der Waals surface area contributed by atoms with Crippen LogP contribution in [-0.2, 0) is 16.6 Å². The standard InChI is InChI=1S/C19H18N2O6S2/c1-26-15-6-3-14(17(11-15)27-2)12-21(19-20-9-10-28-19)29(24,25)16-7-4-13(5-8-16)18(22)23/h3-11H,12H2,1-2H3,(H,22,23). The summed E-state index contributed by atoms with van der Waals surface area (Å²) in [5.74, 6) is -0.0745. The first kappa shape index (κ1) is 20.6. The maximum atomic E-state index is 13.3. The van der Waals surface area contributed by atoms with E-state index in [-0.39, 0.29) is 22.1 Å². The minimum atomic E-state index is -4.00. The van der Waals surface area contributed by atoms with Crippen LogP contribution in [0.25, 0.3) is 0 Å². The van der Waals surface area contributed by atoms with Crippen LogP contribution in [0.15, 0.2) is 58.9 Å². The first-order chi connectivity index (χ1) is 13.9. The Morgan fingerprint density at radius 1 is 1.14 bits per heavy atom. The quantitative estimate of drug-likeness (QED) is 0.580. The molecular weight excluding hydrogens is 416 g/mol. The smallest absolute Gasteiger partial charge is 0.335 e. The largest absolute Gasteiger partial charge is 0.497 e. The zero-order valence-electron chi connectivity index (χ0n) is 15.6. The van der Waals surface area contributed by atoms with E-state index in [9.17, 15) is 13.2 Å². The highest BCUT2D eigenvalue weighted by molar-refractivity contribution is 7.93. The highest BCUT2D eigenvalue weighted by Gasteiger charge is 2.28. The van der Waals surface area contributed by atoms with Crippen molar-refractivity contribution >= 4 is 32.5 Å². The molecule has 3 rings (SSSR count). The van der Waals surface area contributed by atoms with Crippen molar-refractivity contribution in [1.29, 1.82) is 0 Å². The fourth-order valence-corrected chi connectivity index (χ4v) is 4.90. The highest BCUT2D eigenvalue weighted by atomic mass is 32.2. The fourth-order valence-electron chi connectivity index (χ4n) is 2.63. The number of carbonyl (C=O) groups is 1. The second-order valence-corrected chi connectivity index (χ2v) is 8.57. The Morgan fingerprint density at radius 2 is 1.86 bits per heavy atom. The van der Waals surface area contributed by atoms with Crippen molar-refractivity contribution in [3.8, 4) is 11.5 Å². The number of sulfonamides is 1. The van der Waals surface area contributed by atoms with Crippen molar-refractivity contribution in [2.24, 2.45) is 0 Å². The summed E-state index contributed by atoms with van der Waals surface area (Å²) in [5.41, 5.74) is 0.621. The number of rotatable bonds is 8. The van der Waals surface area contributed by atoms with Gasteiger partial charge >= 0.3 is 5.97 Å². The Labute approximate surface area is 172 Å². The molecule has 1 N–H and O–H groups in total. The van der Waals surface area contributed by atoms with Crippen LogP contribution in [0.2, 0.25) is 0 Å². The first-order valence-electron chi connectivity index (χ1n) is 8.33. The third-order valence-corrected chi connectivity index (χ3v) is 6.79. The van der Waals surface area contributed by atoms with Crippen molar-refractivity contribution in [3.05, 3.63) is 65.2 Å². The van der Waals surface area contributed by atoms with Gasteiger partial charge in [-0.25, -0.2) is 22.5 Å². The normalized spacial score (nSPS) is 11.1. The molecule has 0 atom stereocenters. The zero-order valence-corrected chi connectivity index (χ0v) is 17.2. The average Bonchev–Trinajstić information content (AvgIpc) is 3.26. The maximum absolute atomic E-state index is 13.3. The van der Waals surface area contributed by atoms with Gasteiger partial charge in [0.2, 0.25) is 0 Å². The number of carboxylic acids is 1. The number of methoxy groups -OCH3 is 2. The number of anilines is 1. The van der Waals surface area contributed by atoms with E-state index in [1.54, 1.807) is 23.6 Å².